The molecular formula is C14H24N4O2. The molecule has 0 radical (unpaired) electrons. The van der Waals surface area contributed by atoms with Gasteiger partial charge in [-0.1, -0.05) is 13.3 Å². The van der Waals surface area contributed by atoms with Gasteiger partial charge in [0.1, 0.15) is 18.2 Å². The zero-order chi connectivity index (χ0) is 14.4. The minimum absolute atomic E-state index is 0.157. The Balaban J connectivity index is 2.11. The van der Waals surface area contributed by atoms with Gasteiger partial charge in [0.2, 0.25) is 5.88 Å². The third-order valence-electron chi connectivity index (χ3n) is 3.73. The Kier molecular flexibility index (Phi) is 5.55. The van der Waals surface area contributed by atoms with Crippen LogP contribution in [0.4, 0.5) is 5.82 Å². The van der Waals surface area contributed by atoms with Crippen molar-refractivity contribution in [2.75, 3.05) is 12.5 Å². The van der Waals surface area contributed by atoms with E-state index >= 15 is 0 Å². The molecule has 0 aliphatic heterocycles. The van der Waals surface area contributed by atoms with E-state index in [9.17, 15) is 0 Å². The van der Waals surface area contributed by atoms with Gasteiger partial charge in [-0.2, -0.15) is 0 Å². The molecule has 1 fully saturated rings. The number of rotatable bonds is 6. The average molecular weight is 280 g/mol. The summed E-state index contributed by atoms with van der Waals surface area (Å²) in [5.74, 6) is 6.81. The maximum atomic E-state index is 6.09. The second-order valence-electron chi connectivity index (χ2n) is 5.16. The first-order valence-corrected chi connectivity index (χ1v) is 7.28. The summed E-state index contributed by atoms with van der Waals surface area (Å²) in [6.45, 7) is 2.11. The number of nitrogens with two attached hydrogens (primary N) is 1. The normalized spacial score (nSPS) is 22.6. The molecule has 1 saturated carbocycles. The van der Waals surface area contributed by atoms with Gasteiger partial charge in [-0.05, 0) is 25.7 Å². The fourth-order valence-electron chi connectivity index (χ4n) is 2.68. The quantitative estimate of drug-likeness (QED) is 0.613. The monoisotopic (exact) mass is 280 g/mol. The molecule has 0 aromatic carbocycles. The van der Waals surface area contributed by atoms with Gasteiger partial charge in [0.05, 0.1) is 11.7 Å². The van der Waals surface area contributed by atoms with Crippen molar-refractivity contribution < 1.29 is 9.47 Å². The van der Waals surface area contributed by atoms with Crippen LogP contribution in [0.1, 0.15) is 44.6 Å². The van der Waals surface area contributed by atoms with Crippen LogP contribution in [0.2, 0.25) is 0 Å². The highest BCUT2D eigenvalue weighted by atomic mass is 16.5. The van der Waals surface area contributed by atoms with E-state index in [0.717, 1.165) is 44.1 Å². The molecule has 2 rings (SSSR count). The van der Waals surface area contributed by atoms with E-state index < -0.39 is 0 Å². The number of nitrogen functional groups attached to an aromatic ring is 1. The van der Waals surface area contributed by atoms with E-state index in [4.69, 9.17) is 15.3 Å². The van der Waals surface area contributed by atoms with Gasteiger partial charge in [-0.25, -0.2) is 15.8 Å². The molecule has 0 spiro atoms. The molecule has 1 aliphatic carbocycles. The summed E-state index contributed by atoms with van der Waals surface area (Å²) in [5.41, 5.74) is 3.58. The lowest BCUT2D eigenvalue weighted by atomic mass is 9.95. The second kappa shape index (κ2) is 7.40. The van der Waals surface area contributed by atoms with Gasteiger partial charge in [0, 0.05) is 13.5 Å². The zero-order valence-electron chi connectivity index (χ0n) is 12.3. The summed E-state index contributed by atoms with van der Waals surface area (Å²) in [6, 6.07) is 0. The van der Waals surface area contributed by atoms with Gasteiger partial charge in [-0.3, -0.25) is 0 Å². The van der Waals surface area contributed by atoms with Crippen LogP contribution in [0.15, 0.2) is 6.33 Å². The van der Waals surface area contributed by atoms with Crippen LogP contribution < -0.4 is 16.0 Å². The molecule has 6 heteroatoms. The van der Waals surface area contributed by atoms with Crippen LogP contribution in [0.5, 0.6) is 5.88 Å². The molecule has 0 saturated heterocycles. The Morgan fingerprint density at radius 1 is 1.35 bits per heavy atom. The van der Waals surface area contributed by atoms with Gasteiger partial charge in [-0.15, -0.1) is 0 Å². The SMILES string of the molecule is CCCc1c(NN)ncnc1OC1CCCC(OC)C1. The third-order valence-corrected chi connectivity index (χ3v) is 3.73. The Morgan fingerprint density at radius 2 is 2.15 bits per heavy atom. The van der Waals surface area contributed by atoms with Crippen LogP contribution in [-0.4, -0.2) is 29.3 Å². The van der Waals surface area contributed by atoms with Gasteiger partial charge in [0.25, 0.3) is 0 Å². The molecule has 1 heterocycles. The van der Waals surface area contributed by atoms with Crippen LogP contribution in [0.3, 0.4) is 0 Å². The fraction of sp³-hybridized carbons (Fsp3) is 0.714. The molecule has 1 aromatic rings. The molecule has 0 bridgehead atoms. The number of nitrogens with zero attached hydrogens (tertiary/aromatic N) is 2. The van der Waals surface area contributed by atoms with Crippen molar-refractivity contribution in [2.24, 2.45) is 5.84 Å². The Morgan fingerprint density at radius 3 is 2.85 bits per heavy atom. The zero-order valence-corrected chi connectivity index (χ0v) is 12.3. The summed E-state index contributed by atoms with van der Waals surface area (Å²) in [7, 11) is 1.76. The molecule has 6 nitrogen and oxygen atoms in total. The van der Waals surface area contributed by atoms with Crippen LogP contribution in [0.25, 0.3) is 0 Å². The molecule has 112 valence electrons. The highest BCUT2D eigenvalue weighted by Crippen LogP contribution is 2.28. The molecule has 1 aliphatic rings. The van der Waals surface area contributed by atoms with Crippen molar-refractivity contribution >= 4 is 5.82 Å². The van der Waals surface area contributed by atoms with Crippen LogP contribution in [-0.2, 0) is 11.2 Å². The number of methoxy groups -OCH3 is 1. The van der Waals surface area contributed by atoms with E-state index in [1.165, 1.54) is 6.33 Å². The Hall–Kier alpha value is -1.40. The lowest BCUT2D eigenvalue weighted by molar-refractivity contribution is 0.0191. The lowest BCUT2D eigenvalue weighted by Crippen LogP contribution is -2.30. The van der Waals surface area contributed by atoms with Gasteiger partial charge in [0.15, 0.2) is 0 Å². The second-order valence-corrected chi connectivity index (χ2v) is 5.16. The molecular weight excluding hydrogens is 256 g/mol. The maximum Gasteiger partial charge on any atom is 0.222 e. The predicted molar refractivity (Wildman–Crippen MR) is 77.5 cm³/mol. The van der Waals surface area contributed by atoms with E-state index in [1.54, 1.807) is 7.11 Å². The van der Waals surface area contributed by atoms with E-state index in [-0.39, 0.29) is 12.2 Å². The van der Waals surface area contributed by atoms with E-state index in [0.29, 0.717) is 11.7 Å². The largest absolute Gasteiger partial charge is 0.474 e. The van der Waals surface area contributed by atoms with Gasteiger partial charge >= 0.3 is 0 Å². The number of hydrogen-bond donors (Lipinski definition) is 2. The minimum atomic E-state index is 0.157. The molecule has 1 aromatic heterocycles. The van der Waals surface area contributed by atoms with Crippen molar-refractivity contribution in [3.63, 3.8) is 0 Å². The molecule has 0 amide bonds. The predicted octanol–water partition coefficient (Wildman–Crippen LogP) is 2.05. The third kappa shape index (κ3) is 3.58. The number of hydrazine groups is 1. The number of ether oxygens (including phenoxy) is 2. The average Bonchev–Trinajstić information content (AvgIpc) is 2.49. The number of aromatic nitrogens is 2. The molecule has 3 N–H and O–H groups in total. The highest BCUT2D eigenvalue weighted by Gasteiger charge is 2.24. The standard InChI is InChI=1S/C14H24N4O2/c1-3-5-12-13(18-15)16-9-17-14(12)20-11-7-4-6-10(8-11)19-2/h9-11H,3-8,15H2,1-2H3,(H,16,17,18). The van der Waals surface area contributed by atoms with E-state index in [2.05, 4.69) is 22.3 Å². The smallest absolute Gasteiger partial charge is 0.222 e. The van der Waals surface area contributed by atoms with E-state index in [1.807, 2.05) is 0 Å². The fourth-order valence-corrected chi connectivity index (χ4v) is 2.68. The first-order chi connectivity index (χ1) is 9.78. The van der Waals surface area contributed by atoms with Crippen molar-refractivity contribution in [1.82, 2.24) is 9.97 Å². The lowest BCUT2D eigenvalue weighted by Gasteiger charge is -2.29. The number of anilines is 1. The van der Waals surface area contributed by atoms with Crippen LogP contribution >= 0.6 is 0 Å². The molecule has 2 atom stereocenters. The summed E-state index contributed by atoms with van der Waals surface area (Å²) < 4.78 is 11.5. The highest BCUT2D eigenvalue weighted by molar-refractivity contribution is 5.47. The van der Waals surface area contributed by atoms with Crippen molar-refractivity contribution in [1.29, 1.82) is 0 Å². The minimum Gasteiger partial charge on any atom is -0.474 e. The Labute approximate surface area is 120 Å². The number of hydrogen-bond acceptors (Lipinski definition) is 6. The first kappa shape index (κ1) is 15.0. The van der Waals surface area contributed by atoms with Crippen molar-refractivity contribution in [2.45, 2.75) is 57.7 Å². The summed E-state index contributed by atoms with van der Waals surface area (Å²) in [6.07, 6.45) is 7.96. The molecule has 2 unspecified atom stereocenters. The summed E-state index contributed by atoms with van der Waals surface area (Å²) in [4.78, 5) is 8.43. The van der Waals surface area contributed by atoms with Crippen LogP contribution in [0, 0.1) is 0 Å². The van der Waals surface area contributed by atoms with Gasteiger partial charge < -0.3 is 14.9 Å². The first-order valence-electron chi connectivity index (χ1n) is 7.28. The van der Waals surface area contributed by atoms with Crippen molar-refractivity contribution in [3.8, 4) is 5.88 Å². The Bertz CT molecular complexity index is 428. The van der Waals surface area contributed by atoms with Crippen molar-refractivity contribution in [3.05, 3.63) is 11.9 Å². The summed E-state index contributed by atoms with van der Waals surface area (Å²) in [5, 5.41) is 0. The topological polar surface area (TPSA) is 82.3 Å². The number of nitrogens with one attached hydrogen (secondary N) is 1. The summed E-state index contributed by atoms with van der Waals surface area (Å²) >= 11 is 0. The molecule has 20 heavy (non-hydrogen) atoms. The maximum absolute atomic E-state index is 6.09.